The molecule has 0 spiro atoms. The van der Waals surface area contributed by atoms with Crippen LogP contribution in [-0.2, 0) is 11.3 Å². The summed E-state index contributed by atoms with van der Waals surface area (Å²) in [5, 5.41) is 3.97. The molecule has 0 fully saturated rings. The molecule has 0 bridgehead atoms. The summed E-state index contributed by atoms with van der Waals surface area (Å²) in [6, 6.07) is 21.0. The quantitative estimate of drug-likeness (QED) is 0.420. The van der Waals surface area contributed by atoms with Gasteiger partial charge >= 0.3 is 0 Å². The zero-order valence-electron chi connectivity index (χ0n) is 16.2. The highest BCUT2D eigenvalue weighted by Crippen LogP contribution is 2.32. The number of halogens is 2. The molecular weight excluding hydrogens is 437 g/mol. The molecule has 0 radical (unpaired) electrons. The summed E-state index contributed by atoms with van der Waals surface area (Å²) in [4.78, 5) is 25.4. The minimum absolute atomic E-state index is 0.0630. The van der Waals surface area contributed by atoms with E-state index in [9.17, 15) is 9.59 Å². The van der Waals surface area contributed by atoms with Crippen molar-refractivity contribution in [3.63, 3.8) is 0 Å². The van der Waals surface area contributed by atoms with Crippen LogP contribution < -0.4 is 15.5 Å². The number of amides is 1. The van der Waals surface area contributed by atoms with Crippen LogP contribution in [-0.4, -0.2) is 12.5 Å². The van der Waals surface area contributed by atoms with E-state index < -0.39 is 5.43 Å². The Hall–Kier alpha value is -3.28. The molecule has 5 nitrogen and oxygen atoms in total. The minimum atomic E-state index is -0.412. The lowest BCUT2D eigenvalue weighted by atomic mass is 10.1. The maximum Gasteiger partial charge on any atom is 0.258 e. The van der Waals surface area contributed by atoms with E-state index in [-0.39, 0.29) is 29.4 Å². The molecule has 4 rings (SSSR count). The predicted octanol–water partition coefficient (Wildman–Crippen LogP) is 5.46. The van der Waals surface area contributed by atoms with Gasteiger partial charge in [-0.1, -0.05) is 53.5 Å². The molecule has 1 N–H and O–H groups in total. The number of fused-ring (bicyclic) bond motifs is 1. The fourth-order valence-electron chi connectivity index (χ4n) is 3.06. The maximum atomic E-state index is 13.1. The summed E-state index contributed by atoms with van der Waals surface area (Å²) in [5.74, 6) is -0.212. The van der Waals surface area contributed by atoms with E-state index in [0.717, 1.165) is 5.56 Å². The van der Waals surface area contributed by atoms with Crippen LogP contribution in [0, 0.1) is 0 Å². The Kier molecular flexibility index (Phi) is 6.26. The Morgan fingerprint density at radius 2 is 1.65 bits per heavy atom. The van der Waals surface area contributed by atoms with E-state index in [4.69, 9.17) is 32.4 Å². The van der Waals surface area contributed by atoms with Crippen molar-refractivity contribution in [3.05, 3.63) is 98.6 Å². The monoisotopic (exact) mass is 453 g/mol. The van der Waals surface area contributed by atoms with Gasteiger partial charge in [0.25, 0.3) is 5.91 Å². The van der Waals surface area contributed by atoms with Crippen molar-refractivity contribution < 1.29 is 13.9 Å². The van der Waals surface area contributed by atoms with E-state index in [1.165, 1.54) is 6.07 Å². The molecule has 1 amide bonds. The van der Waals surface area contributed by atoms with Gasteiger partial charge in [-0.05, 0) is 48.0 Å². The van der Waals surface area contributed by atoms with Crippen molar-refractivity contribution in [3.8, 4) is 17.1 Å². The van der Waals surface area contributed by atoms with E-state index >= 15 is 0 Å². The third kappa shape index (κ3) is 4.90. The average Bonchev–Trinajstić information content (AvgIpc) is 2.78. The van der Waals surface area contributed by atoms with Gasteiger partial charge in [-0.25, -0.2) is 0 Å². The van der Waals surface area contributed by atoms with Crippen LogP contribution in [0.2, 0.25) is 10.0 Å². The Morgan fingerprint density at radius 1 is 0.935 bits per heavy atom. The minimum Gasteiger partial charge on any atom is -0.476 e. The molecular formula is C24H17Cl2NO4. The number of rotatable bonds is 6. The first-order chi connectivity index (χ1) is 15.0. The number of hydrogen-bond donors (Lipinski definition) is 1. The molecule has 0 saturated heterocycles. The normalized spacial score (nSPS) is 10.8. The molecule has 7 heteroatoms. The van der Waals surface area contributed by atoms with Crippen LogP contribution in [0.3, 0.4) is 0 Å². The summed E-state index contributed by atoms with van der Waals surface area (Å²) < 4.78 is 11.6. The number of nitrogens with one attached hydrogen (secondary N) is 1. The molecule has 31 heavy (non-hydrogen) atoms. The lowest BCUT2D eigenvalue weighted by Crippen LogP contribution is -2.29. The number of ether oxygens (including phenoxy) is 1. The first-order valence-electron chi connectivity index (χ1n) is 9.47. The number of carbonyl (C=O) groups excluding carboxylic acids is 1. The maximum absolute atomic E-state index is 13.1. The van der Waals surface area contributed by atoms with Crippen molar-refractivity contribution in [1.82, 2.24) is 5.32 Å². The summed E-state index contributed by atoms with van der Waals surface area (Å²) >= 11 is 12.0. The Morgan fingerprint density at radius 3 is 2.39 bits per heavy atom. The highest BCUT2D eigenvalue weighted by molar-refractivity contribution is 6.31. The second-order valence-corrected chi connectivity index (χ2v) is 7.66. The lowest BCUT2D eigenvalue weighted by Gasteiger charge is -2.12. The summed E-state index contributed by atoms with van der Waals surface area (Å²) in [7, 11) is 0. The highest BCUT2D eigenvalue weighted by Gasteiger charge is 2.19. The van der Waals surface area contributed by atoms with Gasteiger partial charge in [0, 0.05) is 22.2 Å². The molecule has 0 aliphatic carbocycles. The van der Waals surface area contributed by atoms with E-state index in [0.29, 0.717) is 27.7 Å². The van der Waals surface area contributed by atoms with Crippen LogP contribution in [0.25, 0.3) is 22.3 Å². The first-order valence-corrected chi connectivity index (χ1v) is 10.2. The van der Waals surface area contributed by atoms with Gasteiger partial charge in [-0.2, -0.15) is 0 Å². The highest BCUT2D eigenvalue weighted by atomic mass is 35.5. The molecule has 0 unspecified atom stereocenters. The smallest absolute Gasteiger partial charge is 0.258 e. The van der Waals surface area contributed by atoms with Gasteiger partial charge < -0.3 is 14.5 Å². The predicted molar refractivity (Wildman–Crippen MR) is 122 cm³/mol. The Balaban J connectivity index is 1.63. The largest absolute Gasteiger partial charge is 0.476 e. The van der Waals surface area contributed by atoms with Gasteiger partial charge in [0.2, 0.25) is 11.2 Å². The molecule has 4 aromatic rings. The molecule has 0 atom stereocenters. The van der Waals surface area contributed by atoms with E-state index in [2.05, 4.69) is 5.32 Å². The van der Waals surface area contributed by atoms with Crippen molar-refractivity contribution in [1.29, 1.82) is 0 Å². The SMILES string of the molecule is O=C(COc1c(-c2ccc(Cl)cc2)oc2ccc(Cl)cc2c1=O)NCc1ccccc1. The number of benzene rings is 3. The van der Waals surface area contributed by atoms with Crippen molar-refractivity contribution in [2.24, 2.45) is 0 Å². The van der Waals surface area contributed by atoms with Crippen LogP contribution in [0.15, 0.2) is 82.0 Å². The third-order valence-electron chi connectivity index (χ3n) is 4.60. The summed E-state index contributed by atoms with van der Waals surface area (Å²) in [6.45, 7) is 0.0132. The van der Waals surface area contributed by atoms with Gasteiger partial charge in [0.15, 0.2) is 12.4 Å². The van der Waals surface area contributed by atoms with Crippen LogP contribution >= 0.6 is 23.2 Å². The van der Waals surface area contributed by atoms with Gasteiger partial charge in [0.05, 0.1) is 5.39 Å². The topological polar surface area (TPSA) is 68.5 Å². The molecule has 3 aromatic carbocycles. The number of carbonyl (C=O) groups is 1. The zero-order valence-corrected chi connectivity index (χ0v) is 17.7. The summed E-state index contributed by atoms with van der Waals surface area (Å²) in [5.41, 5.74) is 1.50. The third-order valence-corrected chi connectivity index (χ3v) is 5.08. The molecule has 0 aliphatic rings. The molecule has 156 valence electrons. The molecule has 1 aromatic heterocycles. The van der Waals surface area contributed by atoms with Crippen molar-refractivity contribution >= 4 is 40.1 Å². The fourth-order valence-corrected chi connectivity index (χ4v) is 3.36. The molecule has 0 aliphatic heterocycles. The fraction of sp³-hybridized carbons (Fsp3) is 0.0833. The van der Waals surface area contributed by atoms with Crippen molar-refractivity contribution in [2.75, 3.05) is 6.61 Å². The van der Waals surface area contributed by atoms with Crippen LogP contribution in [0.4, 0.5) is 0 Å². The lowest BCUT2D eigenvalue weighted by molar-refractivity contribution is -0.123. The standard InChI is InChI=1S/C24H17Cl2NO4/c25-17-8-6-16(7-9-17)23-24(22(29)19-12-18(26)10-11-20(19)31-23)30-14-21(28)27-13-15-4-2-1-3-5-15/h1-12H,13-14H2,(H,27,28). The zero-order chi connectivity index (χ0) is 21.8. The van der Waals surface area contributed by atoms with E-state index in [1.807, 2.05) is 30.3 Å². The Bertz CT molecular complexity index is 1280. The second kappa shape index (κ2) is 9.25. The van der Waals surface area contributed by atoms with Gasteiger partial charge in [-0.3, -0.25) is 9.59 Å². The van der Waals surface area contributed by atoms with E-state index in [1.54, 1.807) is 36.4 Å². The molecule has 1 heterocycles. The van der Waals surface area contributed by atoms with Crippen LogP contribution in [0.1, 0.15) is 5.56 Å². The van der Waals surface area contributed by atoms with Crippen molar-refractivity contribution in [2.45, 2.75) is 6.54 Å². The Labute approximate surface area is 188 Å². The molecule has 0 saturated carbocycles. The van der Waals surface area contributed by atoms with Gasteiger partial charge in [0.1, 0.15) is 5.58 Å². The van der Waals surface area contributed by atoms with Crippen LogP contribution in [0.5, 0.6) is 5.75 Å². The summed E-state index contributed by atoms with van der Waals surface area (Å²) in [6.07, 6.45) is 0. The first kappa shape index (κ1) is 21.0. The second-order valence-electron chi connectivity index (χ2n) is 6.79. The van der Waals surface area contributed by atoms with Gasteiger partial charge in [-0.15, -0.1) is 0 Å². The average molecular weight is 454 g/mol. The number of hydrogen-bond acceptors (Lipinski definition) is 4.